The average Bonchev–Trinajstić information content (AvgIpc) is 3.40. The molecule has 6 nitrogen and oxygen atoms in total. The lowest BCUT2D eigenvalue weighted by Gasteiger charge is -2.29. The van der Waals surface area contributed by atoms with E-state index in [1.54, 1.807) is 0 Å². The van der Waals surface area contributed by atoms with Crippen LogP contribution in [0, 0.1) is 0 Å². The van der Waals surface area contributed by atoms with Gasteiger partial charge in [-0.3, -0.25) is 15.0 Å². The summed E-state index contributed by atoms with van der Waals surface area (Å²) in [6.45, 7) is 0.684. The Morgan fingerprint density at radius 1 is 0.867 bits per heavy atom. The molecule has 30 heavy (non-hydrogen) atoms. The maximum absolute atomic E-state index is 5.78. The molecule has 0 spiro atoms. The van der Waals surface area contributed by atoms with Crippen molar-refractivity contribution in [3.8, 4) is 5.69 Å². The Hall–Kier alpha value is -3.58. The highest BCUT2D eigenvalue weighted by molar-refractivity contribution is 7.80. The zero-order valence-electron chi connectivity index (χ0n) is 16.2. The van der Waals surface area contributed by atoms with Crippen molar-refractivity contribution in [3.05, 3.63) is 109 Å². The summed E-state index contributed by atoms with van der Waals surface area (Å²) < 4.78 is 2.19. The molecule has 1 N–H and O–H groups in total. The van der Waals surface area contributed by atoms with Gasteiger partial charge in [-0.25, -0.2) is 0 Å². The van der Waals surface area contributed by atoms with Gasteiger partial charge in [-0.15, -0.1) is 0 Å². The molecular weight excluding hydrogens is 392 g/mol. The van der Waals surface area contributed by atoms with E-state index < -0.39 is 0 Å². The molecule has 0 radical (unpaired) electrons. The lowest BCUT2D eigenvalue weighted by molar-refractivity contribution is 0.302. The summed E-state index contributed by atoms with van der Waals surface area (Å²) in [6.07, 6.45) is 11.1. The molecule has 2 atom stereocenters. The Balaban J connectivity index is 1.60. The summed E-state index contributed by atoms with van der Waals surface area (Å²) in [5, 5.41) is 4.23. The van der Waals surface area contributed by atoms with Gasteiger partial charge in [-0.1, -0.05) is 6.07 Å². The van der Waals surface area contributed by atoms with E-state index in [2.05, 4.69) is 48.1 Å². The van der Waals surface area contributed by atoms with Crippen LogP contribution in [0.25, 0.3) is 5.69 Å². The number of thiocarbonyl (C=S) groups is 1. The van der Waals surface area contributed by atoms with Crippen LogP contribution < -0.4 is 5.32 Å². The van der Waals surface area contributed by atoms with Crippen LogP contribution in [0.15, 0.2) is 91.8 Å². The van der Waals surface area contributed by atoms with Crippen molar-refractivity contribution in [1.29, 1.82) is 0 Å². The molecule has 1 aliphatic rings. The molecule has 5 heterocycles. The van der Waals surface area contributed by atoms with E-state index in [9.17, 15) is 0 Å². The smallest absolute Gasteiger partial charge is 0.170 e. The van der Waals surface area contributed by atoms with E-state index in [0.717, 1.165) is 27.8 Å². The number of nitrogens with zero attached hydrogens (tertiary/aromatic N) is 5. The van der Waals surface area contributed by atoms with Gasteiger partial charge in [0, 0.05) is 55.1 Å². The van der Waals surface area contributed by atoms with Crippen molar-refractivity contribution in [2.24, 2.45) is 0 Å². The third kappa shape index (κ3) is 3.44. The van der Waals surface area contributed by atoms with E-state index in [4.69, 9.17) is 12.2 Å². The van der Waals surface area contributed by atoms with Gasteiger partial charge in [0.05, 0.1) is 17.8 Å². The van der Waals surface area contributed by atoms with Crippen molar-refractivity contribution in [3.63, 3.8) is 0 Å². The number of pyridine rings is 3. The fourth-order valence-corrected chi connectivity index (χ4v) is 4.26. The summed E-state index contributed by atoms with van der Waals surface area (Å²) >= 11 is 5.78. The minimum Gasteiger partial charge on any atom is -0.352 e. The maximum Gasteiger partial charge on any atom is 0.170 e. The largest absolute Gasteiger partial charge is 0.352 e. The fraction of sp³-hybridized carbons (Fsp3) is 0.130. The van der Waals surface area contributed by atoms with Crippen molar-refractivity contribution < 1.29 is 0 Å². The Morgan fingerprint density at radius 3 is 2.37 bits per heavy atom. The second-order valence-corrected chi connectivity index (χ2v) is 7.51. The summed E-state index contributed by atoms with van der Waals surface area (Å²) in [4.78, 5) is 15.1. The third-order valence-electron chi connectivity index (χ3n) is 5.32. The van der Waals surface area contributed by atoms with Crippen LogP contribution in [-0.4, -0.2) is 29.5 Å². The predicted molar refractivity (Wildman–Crippen MR) is 119 cm³/mol. The molecule has 1 aliphatic heterocycles. The van der Waals surface area contributed by atoms with Gasteiger partial charge in [-0.2, -0.15) is 0 Å². The number of hydrogen-bond donors (Lipinski definition) is 1. The molecular formula is C23H20N6S. The number of aromatic nitrogens is 4. The van der Waals surface area contributed by atoms with Crippen molar-refractivity contribution in [2.75, 3.05) is 0 Å². The SMILES string of the molecule is S=C1N[C@H](c2ccccn2)[C@H](c2cccn2-c2ccncc2)N1Cc1ccncc1. The summed E-state index contributed by atoms with van der Waals surface area (Å²) in [7, 11) is 0. The van der Waals surface area contributed by atoms with Crippen LogP contribution in [0.4, 0.5) is 0 Å². The number of hydrogen-bond acceptors (Lipinski definition) is 4. The summed E-state index contributed by atoms with van der Waals surface area (Å²) in [5.74, 6) is 0. The zero-order chi connectivity index (χ0) is 20.3. The highest BCUT2D eigenvalue weighted by Gasteiger charge is 2.41. The second-order valence-electron chi connectivity index (χ2n) is 7.12. The molecule has 0 bridgehead atoms. The third-order valence-corrected chi connectivity index (χ3v) is 5.68. The molecule has 0 amide bonds. The Morgan fingerprint density at radius 2 is 1.63 bits per heavy atom. The first-order valence-electron chi connectivity index (χ1n) is 9.76. The van der Waals surface area contributed by atoms with Crippen LogP contribution in [0.2, 0.25) is 0 Å². The van der Waals surface area contributed by atoms with Gasteiger partial charge in [0.1, 0.15) is 0 Å². The van der Waals surface area contributed by atoms with Crippen molar-refractivity contribution >= 4 is 17.3 Å². The van der Waals surface area contributed by atoms with Crippen LogP contribution in [-0.2, 0) is 6.54 Å². The molecule has 148 valence electrons. The van der Waals surface area contributed by atoms with Gasteiger partial charge in [0.15, 0.2) is 5.11 Å². The first kappa shape index (κ1) is 18.4. The lowest BCUT2D eigenvalue weighted by Crippen LogP contribution is -2.30. The molecule has 1 fully saturated rings. The van der Waals surface area contributed by atoms with E-state index in [-0.39, 0.29) is 12.1 Å². The topological polar surface area (TPSA) is 58.9 Å². The van der Waals surface area contributed by atoms with Gasteiger partial charge >= 0.3 is 0 Å². The molecule has 4 aromatic heterocycles. The second kappa shape index (κ2) is 8.04. The van der Waals surface area contributed by atoms with E-state index >= 15 is 0 Å². The minimum absolute atomic E-state index is 0.0243. The molecule has 4 aromatic rings. The quantitative estimate of drug-likeness (QED) is 0.503. The van der Waals surface area contributed by atoms with E-state index in [0.29, 0.717) is 6.54 Å². The monoisotopic (exact) mass is 412 g/mol. The maximum atomic E-state index is 5.78. The van der Waals surface area contributed by atoms with Crippen LogP contribution in [0.1, 0.15) is 29.0 Å². The molecule has 0 unspecified atom stereocenters. The predicted octanol–water partition coefficient (Wildman–Crippen LogP) is 3.84. The van der Waals surface area contributed by atoms with Crippen molar-refractivity contribution in [1.82, 2.24) is 29.7 Å². The van der Waals surface area contributed by atoms with E-state index in [1.165, 1.54) is 0 Å². The van der Waals surface area contributed by atoms with Crippen LogP contribution in [0.3, 0.4) is 0 Å². The Labute approximate surface area is 180 Å². The standard InChI is InChI=1S/C23H20N6S/c30-23-27-21(19-4-1-2-10-26-19)22(29(23)16-17-6-11-24-12-7-17)20-5-3-15-28(20)18-8-13-25-14-9-18/h1-15,21-22H,16H2,(H,27,30)/t21-,22+/m1/s1. The molecule has 7 heteroatoms. The highest BCUT2D eigenvalue weighted by atomic mass is 32.1. The fourth-order valence-electron chi connectivity index (χ4n) is 3.96. The first-order valence-corrected chi connectivity index (χ1v) is 10.2. The average molecular weight is 413 g/mol. The van der Waals surface area contributed by atoms with Crippen LogP contribution >= 0.6 is 12.2 Å². The molecule has 5 rings (SSSR count). The molecule has 1 saturated heterocycles. The highest BCUT2D eigenvalue weighted by Crippen LogP contribution is 2.40. The van der Waals surface area contributed by atoms with Crippen LogP contribution in [0.5, 0.6) is 0 Å². The first-order chi connectivity index (χ1) is 14.8. The van der Waals surface area contributed by atoms with Crippen molar-refractivity contribution in [2.45, 2.75) is 18.6 Å². The van der Waals surface area contributed by atoms with Gasteiger partial charge in [0.2, 0.25) is 0 Å². The van der Waals surface area contributed by atoms with Gasteiger partial charge in [-0.05, 0) is 66.3 Å². The zero-order valence-corrected chi connectivity index (χ0v) is 17.0. The van der Waals surface area contributed by atoms with Gasteiger partial charge < -0.3 is 14.8 Å². The number of rotatable bonds is 5. The minimum atomic E-state index is -0.0592. The molecule has 0 aliphatic carbocycles. The normalized spacial score (nSPS) is 18.4. The van der Waals surface area contributed by atoms with Gasteiger partial charge in [0.25, 0.3) is 0 Å². The summed E-state index contributed by atoms with van der Waals surface area (Å²) in [5.41, 5.74) is 4.32. The molecule has 0 saturated carbocycles. The summed E-state index contributed by atoms with van der Waals surface area (Å²) in [6, 6.07) is 18.2. The Kier molecular flexibility index (Phi) is 4.94. The van der Waals surface area contributed by atoms with E-state index in [1.807, 2.05) is 73.4 Å². The number of nitrogens with one attached hydrogen (secondary N) is 1. The lowest BCUT2D eigenvalue weighted by atomic mass is 10.0. The molecule has 0 aromatic carbocycles. The Bertz CT molecular complexity index is 1130.